The summed E-state index contributed by atoms with van der Waals surface area (Å²) >= 11 is 5.90. The quantitative estimate of drug-likeness (QED) is 0.693. The molecule has 0 bridgehead atoms. The number of halogens is 1. The summed E-state index contributed by atoms with van der Waals surface area (Å²) < 4.78 is 29.2. The van der Waals surface area contributed by atoms with Gasteiger partial charge < -0.3 is 4.42 Å². The van der Waals surface area contributed by atoms with Crippen LogP contribution in [0.4, 0.5) is 0 Å². The number of furan rings is 1. The van der Waals surface area contributed by atoms with Crippen LogP contribution in [0.25, 0.3) is 11.0 Å². The Morgan fingerprint density at radius 1 is 1.16 bits per heavy atom. The predicted molar refractivity (Wildman–Crippen MR) is 96.6 cm³/mol. The molecule has 130 valence electrons. The fourth-order valence-corrected chi connectivity index (χ4v) is 3.78. The van der Waals surface area contributed by atoms with Crippen LogP contribution in [0.2, 0.25) is 5.02 Å². The van der Waals surface area contributed by atoms with E-state index in [2.05, 4.69) is 0 Å². The molecule has 2 aromatic carbocycles. The molecule has 5 nitrogen and oxygen atoms in total. The summed E-state index contributed by atoms with van der Waals surface area (Å²) in [4.78, 5) is 12.8. The van der Waals surface area contributed by atoms with Crippen LogP contribution in [0.15, 0.2) is 51.8 Å². The van der Waals surface area contributed by atoms with Gasteiger partial charge in [0.25, 0.3) is 0 Å². The van der Waals surface area contributed by atoms with Crippen molar-refractivity contribution in [3.63, 3.8) is 0 Å². The molecule has 7 heteroatoms. The molecule has 3 aromatic rings. The zero-order valence-corrected chi connectivity index (χ0v) is 15.2. The van der Waals surface area contributed by atoms with E-state index in [0.29, 0.717) is 22.3 Å². The van der Waals surface area contributed by atoms with Crippen LogP contribution < -0.4 is 5.14 Å². The minimum Gasteiger partial charge on any atom is -0.460 e. The van der Waals surface area contributed by atoms with Crippen LogP contribution >= 0.6 is 11.6 Å². The van der Waals surface area contributed by atoms with Crippen LogP contribution in [0.3, 0.4) is 0 Å². The highest BCUT2D eigenvalue weighted by Crippen LogP contribution is 2.33. The monoisotopic (exact) mass is 377 g/mol. The van der Waals surface area contributed by atoms with Gasteiger partial charge >= 0.3 is 0 Å². The third-order valence-corrected chi connectivity index (χ3v) is 5.27. The first kappa shape index (κ1) is 17.7. The number of sulfonamides is 1. The summed E-state index contributed by atoms with van der Waals surface area (Å²) in [5.74, 6) is 0.199. The number of rotatable bonds is 4. The maximum absolute atomic E-state index is 13.1. The number of para-hydroxylation sites is 1. The summed E-state index contributed by atoms with van der Waals surface area (Å²) in [5, 5.41) is 5.83. The van der Waals surface area contributed by atoms with Gasteiger partial charge in [0.2, 0.25) is 10.0 Å². The van der Waals surface area contributed by atoms with E-state index in [4.69, 9.17) is 21.2 Å². The molecule has 0 unspecified atom stereocenters. The van der Waals surface area contributed by atoms with E-state index < -0.39 is 10.0 Å². The molecule has 0 radical (unpaired) electrons. The van der Waals surface area contributed by atoms with Crippen molar-refractivity contribution >= 4 is 38.4 Å². The Bertz CT molecular complexity index is 1080. The van der Waals surface area contributed by atoms with E-state index in [-0.39, 0.29) is 27.2 Å². The molecule has 25 heavy (non-hydrogen) atoms. The highest BCUT2D eigenvalue weighted by Gasteiger charge is 2.25. The van der Waals surface area contributed by atoms with Crippen molar-refractivity contribution in [3.05, 3.63) is 64.4 Å². The summed E-state index contributed by atoms with van der Waals surface area (Å²) in [5.41, 5.74) is 1.21. The molecular formula is C18H16ClNO4S. The van der Waals surface area contributed by atoms with Gasteiger partial charge in [-0.15, -0.1) is 0 Å². The topological polar surface area (TPSA) is 90.4 Å². The van der Waals surface area contributed by atoms with Crippen molar-refractivity contribution in [2.45, 2.75) is 24.7 Å². The zero-order valence-electron chi connectivity index (χ0n) is 13.6. The number of fused-ring (bicyclic) bond motifs is 1. The Balaban J connectivity index is 2.23. The van der Waals surface area contributed by atoms with Crippen molar-refractivity contribution in [2.24, 2.45) is 5.14 Å². The molecule has 1 aromatic heterocycles. The number of hydrogen-bond acceptors (Lipinski definition) is 4. The second-order valence-electron chi connectivity index (χ2n) is 6.01. The molecule has 0 fully saturated rings. The molecule has 0 atom stereocenters. The Hall–Kier alpha value is -2.15. The summed E-state index contributed by atoms with van der Waals surface area (Å²) in [6.07, 6.45) is 0. The second kappa shape index (κ2) is 6.29. The largest absolute Gasteiger partial charge is 0.460 e. The van der Waals surface area contributed by atoms with Crippen molar-refractivity contribution < 1.29 is 17.6 Å². The van der Waals surface area contributed by atoms with Crippen molar-refractivity contribution in [1.29, 1.82) is 0 Å². The Kier molecular flexibility index (Phi) is 4.45. The maximum atomic E-state index is 13.1. The van der Waals surface area contributed by atoms with Gasteiger partial charge in [0.1, 0.15) is 16.2 Å². The van der Waals surface area contributed by atoms with Gasteiger partial charge in [0, 0.05) is 16.9 Å². The van der Waals surface area contributed by atoms with Gasteiger partial charge in [-0.2, -0.15) is 0 Å². The third-order valence-electron chi connectivity index (χ3n) is 3.87. The average Bonchev–Trinajstić information content (AvgIpc) is 2.93. The van der Waals surface area contributed by atoms with E-state index in [0.717, 1.165) is 0 Å². The molecule has 0 aliphatic carbocycles. The number of carbonyl (C=O) groups excluding carboxylic acids is 1. The number of nitrogens with two attached hydrogens (primary N) is 1. The Labute approximate surface area is 150 Å². The minimum atomic E-state index is -4.03. The van der Waals surface area contributed by atoms with Crippen molar-refractivity contribution in [2.75, 3.05) is 0 Å². The number of hydrogen-bond donors (Lipinski definition) is 1. The molecule has 2 N–H and O–H groups in total. The Morgan fingerprint density at radius 2 is 1.84 bits per heavy atom. The van der Waals surface area contributed by atoms with Crippen LogP contribution in [0.1, 0.15) is 41.4 Å². The van der Waals surface area contributed by atoms with Gasteiger partial charge in [-0.05, 0) is 24.3 Å². The molecule has 0 aliphatic rings. The smallest absolute Gasteiger partial charge is 0.239 e. The van der Waals surface area contributed by atoms with Crippen molar-refractivity contribution in [1.82, 2.24) is 0 Å². The summed E-state index contributed by atoms with van der Waals surface area (Å²) in [6.45, 7) is 3.85. The molecule has 3 rings (SSSR count). The van der Waals surface area contributed by atoms with E-state index in [1.165, 1.54) is 18.2 Å². The van der Waals surface area contributed by atoms with E-state index in [1.807, 2.05) is 26.0 Å². The van der Waals surface area contributed by atoms with Crippen LogP contribution in [0, 0.1) is 0 Å². The number of primary sulfonamides is 1. The number of benzene rings is 2. The van der Waals surface area contributed by atoms with Gasteiger partial charge in [-0.3, -0.25) is 4.79 Å². The van der Waals surface area contributed by atoms with E-state index in [1.54, 1.807) is 12.1 Å². The first-order valence-electron chi connectivity index (χ1n) is 7.58. The highest BCUT2D eigenvalue weighted by molar-refractivity contribution is 7.89. The fourth-order valence-electron chi connectivity index (χ4n) is 2.71. The maximum Gasteiger partial charge on any atom is 0.239 e. The predicted octanol–water partition coefficient (Wildman–Crippen LogP) is 4.09. The normalized spacial score (nSPS) is 12.0. The number of carbonyl (C=O) groups is 1. The van der Waals surface area contributed by atoms with E-state index >= 15 is 0 Å². The van der Waals surface area contributed by atoms with Gasteiger partial charge in [0.05, 0.1) is 10.6 Å². The molecule has 0 spiro atoms. The van der Waals surface area contributed by atoms with E-state index in [9.17, 15) is 13.2 Å². The lowest BCUT2D eigenvalue weighted by Crippen LogP contribution is -2.14. The first-order valence-corrected chi connectivity index (χ1v) is 9.51. The lowest BCUT2D eigenvalue weighted by Gasteiger charge is -2.08. The third kappa shape index (κ3) is 3.20. The second-order valence-corrected chi connectivity index (χ2v) is 7.95. The standard InChI is InChI=1S/C18H16ClNO4S/c1-10(2)18-16(12-5-3-4-6-14(12)24-18)17(21)11-7-8-13(19)15(9-11)25(20,22)23/h3-10H,1-2H3,(H2,20,22,23). The fraction of sp³-hybridized carbons (Fsp3) is 0.167. The lowest BCUT2D eigenvalue weighted by atomic mass is 9.96. The summed E-state index contributed by atoms with van der Waals surface area (Å²) in [6, 6.07) is 11.3. The number of ketones is 1. The molecule has 0 saturated heterocycles. The zero-order chi connectivity index (χ0) is 18.4. The van der Waals surface area contributed by atoms with Crippen molar-refractivity contribution in [3.8, 4) is 0 Å². The molecule has 0 aliphatic heterocycles. The van der Waals surface area contributed by atoms with Crippen LogP contribution in [0.5, 0.6) is 0 Å². The molecule has 0 amide bonds. The molecular weight excluding hydrogens is 362 g/mol. The SMILES string of the molecule is CC(C)c1oc2ccccc2c1C(=O)c1ccc(Cl)c(S(N)(=O)=O)c1. The van der Waals surface area contributed by atoms with Gasteiger partial charge in [0.15, 0.2) is 5.78 Å². The average molecular weight is 378 g/mol. The lowest BCUT2D eigenvalue weighted by molar-refractivity contribution is 0.103. The summed E-state index contributed by atoms with van der Waals surface area (Å²) in [7, 11) is -4.03. The molecule has 1 heterocycles. The minimum absolute atomic E-state index is 0.0173. The Morgan fingerprint density at radius 3 is 2.48 bits per heavy atom. The highest BCUT2D eigenvalue weighted by atomic mass is 35.5. The first-order chi connectivity index (χ1) is 11.7. The van der Waals surface area contributed by atoms with Crippen LogP contribution in [-0.4, -0.2) is 14.2 Å². The van der Waals surface area contributed by atoms with Gasteiger partial charge in [-0.25, -0.2) is 13.6 Å². The molecule has 0 saturated carbocycles. The van der Waals surface area contributed by atoms with Gasteiger partial charge in [-0.1, -0.05) is 43.6 Å². The van der Waals surface area contributed by atoms with Crippen LogP contribution in [-0.2, 0) is 10.0 Å².